The molecule has 2 saturated heterocycles. The highest BCUT2D eigenvalue weighted by molar-refractivity contribution is 6.05. The summed E-state index contributed by atoms with van der Waals surface area (Å²) in [4.78, 5) is 38.5. The van der Waals surface area contributed by atoms with Crippen molar-refractivity contribution in [3.05, 3.63) is 23.6 Å². The summed E-state index contributed by atoms with van der Waals surface area (Å²) in [6.07, 6.45) is -5.21. The van der Waals surface area contributed by atoms with E-state index in [4.69, 9.17) is 14.2 Å². The molecule has 180 valence electrons. The van der Waals surface area contributed by atoms with Crippen molar-refractivity contribution in [2.24, 2.45) is 11.8 Å². The van der Waals surface area contributed by atoms with Gasteiger partial charge in [0, 0.05) is 19.3 Å². The third-order valence-corrected chi connectivity index (χ3v) is 7.16. The number of carbonyl (C=O) groups excluding carboxylic acids is 3. The van der Waals surface area contributed by atoms with E-state index in [-0.39, 0.29) is 48.4 Å². The number of ketones is 3. The lowest BCUT2D eigenvalue weighted by Crippen LogP contribution is -2.60. The SMILES string of the molecule is O=C1CCC(=O)C2C(=O)CCC3NC4=C(OC32)C1C(OC1O[C@H](CO)[C@@H](O)[C@H](O)[C@H]1O)C=C4. The third-order valence-electron chi connectivity index (χ3n) is 7.16. The largest absolute Gasteiger partial charge is 0.488 e. The molecule has 5 N–H and O–H groups in total. The molecule has 6 unspecified atom stereocenters. The van der Waals surface area contributed by atoms with Gasteiger partial charge in [-0.3, -0.25) is 14.4 Å². The van der Waals surface area contributed by atoms with Gasteiger partial charge in [0.05, 0.1) is 24.4 Å². The topological polar surface area (TPSA) is 172 Å². The van der Waals surface area contributed by atoms with Crippen LogP contribution in [0.4, 0.5) is 0 Å². The van der Waals surface area contributed by atoms with E-state index < -0.39 is 61.4 Å². The number of nitrogens with one attached hydrogen (secondary N) is 1. The van der Waals surface area contributed by atoms with Crippen molar-refractivity contribution in [3.63, 3.8) is 0 Å². The Bertz CT molecular complexity index is 913. The molecule has 10 atom stereocenters. The van der Waals surface area contributed by atoms with E-state index in [1.54, 1.807) is 12.2 Å². The fourth-order valence-electron chi connectivity index (χ4n) is 5.35. The van der Waals surface area contributed by atoms with Gasteiger partial charge in [-0.05, 0) is 12.5 Å². The van der Waals surface area contributed by atoms with Crippen molar-refractivity contribution >= 4 is 17.3 Å². The average Bonchev–Trinajstić information content (AvgIpc) is 2.85. The van der Waals surface area contributed by atoms with Crippen molar-refractivity contribution in [2.75, 3.05) is 6.61 Å². The smallest absolute Gasteiger partial charge is 0.187 e. The van der Waals surface area contributed by atoms with Crippen molar-refractivity contribution in [2.45, 2.75) is 74.6 Å². The monoisotopic (exact) mass is 465 g/mol. The van der Waals surface area contributed by atoms with Crippen LogP contribution in [0.3, 0.4) is 0 Å². The summed E-state index contributed by atoms with van der Waals surface area (Å²) in [5.41, 5.74) is 0.575. The molecule has 11 heteroatoms. The Morgan fingerprint density at radius 3 is 2.39 bits per heavy atom. The van der Waals surface area contributed by atoms with E-state index in [0.717, 1.165) is 0 Å². The Morgan fingerprint density at radius 2 is 1.67 bits per heavy atom. The fraction of sp³-hybridized carbons (Fsp3) is 0.682. The second-order valence-electron chi connectivity index (χ2n) is 9.16. The lowest BCUT2D eigenvalue weighted by atomic mass is 9.77. The molecule has 0 aromatic carbocycles. The number of aliphatic hydroxyl groups is 4. The third kappa shape index (κ3) is 3.72. The highest BCUT2D eigenvalue weighted by Crippen LogP contribution is 2.41. The first kappa shape index (κ1) is 22.6. The van der Waals surface area contributed by atoms with Crippen LogP contribution in [0.2, 0.25) is 0 Å². The molecule has 0 aromatic heterocycles. The van der Waals surface area contributed by atoms with Gasteiger partial charge in [0.25, 0.3) is 0 Å². The molecule has 0 radical (unpaired) electrons. The number of aliphatic hydroxyl groups excluding tert-OH is 4. The molecule has 2 aliphatic carbocycles. The molecular weight excluding hydrogens is 438 g/mol. The second kappa shape index (κ2) is 8.57. The molecule has 3 heterocycles. The molecule has 3 aliphatic heterocycles. The molecular formula is C22H27NO10. The maximum absolute atomic E-state index is 13.2. The number of Topliss-reactive ketones (excluding diaryl/α,β-unsaturated/α-hetero) is 3. The zero-order valence-corrected chi connectivity index (χ0v) is 17.7. The minimum absolute atomic E-state index is 0.0859. The molecule has 0 amide bonds. The van der Waals surface area contributed by atoms with E-state index in [0.29, 0.717) is 12.1 Å². The molecule has 0 spiro atoms. The molecule has 2 bridgehead atoms. The summed E-state index contributed by atoms with van der Waals surface area (Å²) in [7, 11) is 0. The van der Waals surface area contributed by atoms with Gasteiger partial charge in [0.15, 0.2) is 6.29 Å². The Morgan fingerprint density at radius 1 is 0.970 bits per heavy atom. The molecule has 5 rings (SSSR count). The summed E-state index contributed by atoms with van der Waals surface area (Å²) in [5, 5.41) is 43.1. The van der Waals surface area contributed by atoms with Crippen LogP contribution in [0, 0.1) is 11.8 Å². The molecule has 5 aliphatic rings. The fourth-order valence-corrected chi connectivity index (χ4v) is 5.35. The standard InChI is InChI=1S/C22H27NO10/c24-7-14-17(28)18(29)19(30)22(32-14)31-13-6-2-9-21-16(13)12(27)5-4-11(26)15-10(25)3-1-8(23-9)20(15)33-21/h2,6,8,13-20,22-24,28-30H,1,3-5,7H2/t8?,13?,14-,15?,16?,17-,18+,19-,20?,22?/m1/s1. The van der Waals surface area contributed by atoms with Crippen molar-refractivity contribution in [3.8, 4) is 0 Å². The van der Waals surface area contributed by atoms with Gasteiger partial charge in [-0.25, -0.2) is 0 Å². The Kier molecular flexibility index (Phi) is 5.88. The Balaban J connectivity index is 1.45. The van der Waals surface area contributed by atoms with Crippen LogP contribution >= 0.6 is 0 Å². The molecule has 3 fully saturated rings. The first-order valence-corrected chi connectivity index (χ1v) is 11.2. The lowest BCUT2D eigenvalue weighted by molar-refractivity contribution is -0.310. The predicted molar refractivity (Wildman–Crippen MR) is 107 cm³/mol. The second-order valence-corrected chi connectivity index (χ2v) is 9.16. The highest BCUT2D eigenvalue weighted by atomic mass is 16.7. The number of allylic oxidation sites excluding steroid dienone is 1. The van der Waals surface area contributed by atoms with Gasteiger partial charge >= 0.3 is 0 Å². The van der Waals surface area contributed by atoms with Crippen LogP contribution in [-0.4, -0.2) is 93.3 Å². The van der Waals surface area contributed by atoms with Crippen LogP contribution in [0.1, 0.15) is 25.7 Å². The number of ether oxygens (including phenoxy) is 3. The maximum Gasteiger partial charge on any atom is 0.187 e. The molecule has 33 heavy (non-hydrogen) atoms. The van der Waals surface area contributed by atoms with Gasteiger partial charge in [-0.2, -0.15) is 0 Å². The maximum atomic E-state index is 13.2. The van der Waals surface area contributed by atoms with Crippen molar-refractivity contribution in [1.29, 1.82) is 0 Å². The summed E-state index contributed by atoms with van der Waals surface area (Å²) in [6.45, 7) is -0.614. The Labute approximate surface area is 189 Å². The number of carbonyl (C=O) groups is 3. The number of rotatable bonds is 3. The summed E-state index contributed by atoms with van der Waals surface area (Å²) in [6, 6.07) is -0.239. The Hall–Kier alpha value is -2.15. The lowest BCUT2D eigenvalue weighted by Gasteiger charge is -2.45. The van der Waals surface area contributed by atoms with Gasteiger partial charge in [-0.1, -0.05) is 6.08 Å². The number of hydrogen-bond acceptors (Lipinski definition) is 11. The van der Waals surface area contributed by atoms with E-state index >= 15 is 0 Å². The number of hydrogen-bond donors (Lipinski definition) is 5. The molecule has 1 saturated carbocycles. The van der Waals surface area contributed by atoms with Crippen LogP contribution in [0.5, 0.6) is 0 Å². The van der Waals surface area contributed by atoms with Crippen LogP contribution in [-0.2, 0) is 28.6 Å². The first-order chi connectivity index (χ1) is 15.8. The normalized spacial score (nSPS) is 45.0. The van der Waals surface area contributed by atoms with Gasteiger partial charge < -0.3 is 40.0 Å². The minimum Gasteiger partial charge on any atom is -0.488 e. The average molecular weight is 465 g/mol. The summed E-state index contributed by atoms with van der Waals surface area (Å²) < 4.78 is 17.5. The highest BCUT2D eigenvalue weighted by Gasteiger charge is 2.52. The van der Waals surface area contributed by atoms with E-state index in [2.05, 4.69) is 5.32 Å². The van der Waals surface area contributed by atoms with Crippen LogP contribution < -0.4 is 5.32 Å². The van der Waals surface area contributed by atoms with Crippen molar-refractivity contribution < 1.29 is 49.0 Å². The molecule has 11 nitrogen and oxygen atoms in total. The van der Waals surface area contributed by atoms with E-state index in [1.165, 1.54) is 0 Å². The van der Waals surface area contributed by atoms with E-state index in [1.807, 2.05) is 0 Å². The van der Waals surface area contributed by atoms with Crippen LogP contribution in [0.15, 0.2) is 23.6 Å². The molecule has 0 aromatic rings. The first-order valence-electron chi connectivity index (χ1n) is 11.2. The van der Waals surface area contributed by atoms with Crippen molar-refractivity contribution in [1.82, 2.24) is 5.32 Å². The quantitative estimate of drug-likeness (QED) is 0.287. The van der Waals surface area contributed by atoms with Gasteiger partial charge in [0.2, 0.25) is 0 Å². The zero-order valence-electron chi connectivity index (χ0n) is 17.7. The summed E-state index contributed by atoms with van der Waals surface area (Å²) >= 11 is 0. The predicted octanol–water partition coefficient (Wildman–Crippen LogP) is -2.16. The zero-order chi connectivity index (χ0) is 23.4. The minimum atomic E-state index is -1.63. The van der Waals surface area contributed by atoms with Gasteiger partial charge in [0.1, 0.15) is 65.5 Å². The van der Waals surface area contributed by atoms with E-state index in [9.17, 15) is 34.8 Å². The van der Waals surface area contributed by atoms with Gasteiger partial charge in [-0.15, -0.1) is 0 Å². The summed E-state index contributed by atoms with van der Waals surface area (Å²) in [5.74, 6) is -2.44. The van der Waals surface area contributed by atoms with Crippen LogP contribution in [0.25, 0.3) is 0 Å².